The average molecular weight is 210 g/mol. The van der Waals surface area contributed by atoms with E-state index in [0.29, 0.717) is 18.3 Å². The van der Waals surface area contributed by atoms with Crippen LogP contribution in [0.1, 0.15) is 52.9 Å². The zero-order chi connectivity index (χ0) is 11.2. The van der Waals surface area contributed by atoms with Crippen LogP contribution in [0.3, 0.4) is 0 Å². The lowest BCUT2D eigenvalue weighted by Crippen LogP contribution is -2.08. The maximum absolute atomic E-state index is 11.8. The van der Waals surface area contributed by atoms with E-state index in [-0.39, 0.29) is 6.42 Å². The maximum atomic E-state index is 11.8. The van der Waals surface area contributed by atoms with Crippen molar-refractivity contribution in [3.63, 3.8) is 0 Å². The number of rotatable bonds is 6. The van der Waals surface area contributed by atoms with Crippen molar-refractivity contribution in [2.24, 2.45) is 11.8 Å². The Labute approximate surface area is 84.9 Å². The molecular weight excluding hydrogens is 189 g/mol. The first kappa shape index (κ1) is 13.8. The largest absolute Gasteiger partial charge is 0.389 e. The minimum atomic E-state index is -3.97. The van der Waals surface area contributed by atoms with E-state index in [1.165, 1.54) is 0 Å². The van der Waals surface area contributed by atoms with E-state index in [1.54, 1.807) is 0 Å². The van der Waals surface area contributed by atoms with E-state index in [4.69, 9.17) is 0 Å². The summed E-state index contributed by atoms with van der Waals surface area (Å²) < 4.78 is 35.5. The van der Waals surface area contributed by atoms with Crippen molar-refractivity contribution in [3.05, 3.63) is 0 Å². The second-order valence-electron chi connectivity index (χ2n) is 4.58. The third-order valence-corrected chi connectivity index (χ3v) is 2.39. The fraction of sp³-hybridized carbons (Fsp3) is 1.00. The molecule has 0 aliphatic heterocycles. The van der Waals surface area contributed by atoms with Crippen molar-refractivity contribution in [1.82, 2.24) is 0 Å². The number of alkyl halides is 3. The zero-order valence-electron chi connectivity index (χ0n) is 9.32. The SMILES string of the molecule is CC(C)CCC(C)CCCC(F)(F)F. The molecule has 0 fully saturated rings. The summed E-state index contributed by atoms with van der Waals surface area (Å²) >= 11 is 0. The topological polar surface area (TPSA) is 0 Å². The van der Waals surface area contributed by atoms with Gasteiger partial charge in [-0.05, 0) is 18.3 Å². The molecule has 0 rings (SSSR count). The molecule has 1 atom stereocenters. The van der Waals surface area contributed by atoms with Crippen LogP contribution in [-0.2, 0) is 0 Å². The maximum Gasteiger partial charge on any atom is 0.389 e. The van der Waals surface area contributed by atoms with Gasteiger partial charge in [-0.3, -0.25) is 0 Å². The summed E-state index contributed by atoms with van der Waals surface area (Å²) in [4.78, 5) is 0. The molecule has 0 heterocycles. The predicted molar refractivity (Wildman–Crippen MR) is 53.1 cm³/mol. The van der Waals surface area contributed by atoms with Gasteiger partial charge in [-0.25, -0.2) is 0 Å². The van der Waals surface area contributed by atoms with Gasteiger partial charge in [0, 0.05) is 6.42 Å². The first-order chi connectivity index (χ1) is 6.31. The summed E-state index contributed by atoms with van der Waals surface area (Å²) in [7, 11) is 0. The molecule has 0 aromatic heterocycles. The van der Waals surface area contributed by atoms with Crippen LogP contribution in [0.4, 0.5) is 13.2 Å². The van der Waals surface area contributed by atoms with Crippen LogP contribution in [0.25, 0.3) is 0 Å². The van der Waals surface area contributed by atoms with Crippen LogP contribution in [0.15, 0.2) is 0 Å². The molecule has 0 saturated heterocycles. The third-order valence-electron chi connectivity index (χ3n) is 2.39. The first-order valence-electron chi connectivity index (χ1n) is 5.38. The molecule has 0 spiro atoms. The highest BCUT2D eigenvalue weighted by Gasteiger charge is 2.26. The third kappa shape index (κ3) is 9.87. The summed E-state index contributed by atoms with van der Waals surface area (Å²) in [5.74, 6) is 1.08. The van der Waals surface area contributed by atoms with Crippen molar-refractivity contribution in [2.45, 2.75) is 59.1 Å². The Hall–Kier alpha value is -0.210. The molecular formula is C11H21F3. The van der Waals surface area contributed by atoms with Gasteiger partial charge in [0.1, 0.15) is 0 Å². The summed E-state index contributed by atoms with van der Waals surface area (Å²) in [6, 6.07) is 0. The van der Waals surface area contributed by atoms with Crippen molar-refractivity contribution in [2.75, 3.05) is 0 Å². The van der Waals surface area contributed by atoms with Gasteiger partial charge >= 0.3 is 6.18 Å². The minimum absolute atomic E-state index is 0.281. The van der Waals surface area contributed by atoms with Crippen molar-refractivity contribution >= 4 is 0 Å². The lowest BCUT2D eigenvalue weighted by Gasteiger charge is -2.13. The molecule has 14 heavy (non-hydrogen) atoms. The van der Waals surface area contributed by atoms with Gasteiger partial charge < -0.3 is 0 Å². The smallest absolute Gasteiger partial charge is 0.171 e. The normalized spacial score (nSPS) is 14.8. The zero-order valence-corrected chi connectivity index (χ0v) is 9.32. The fourth-order valence-corrected chi connectivity index (χ4v) is 1.41. The molecule has 0 amide bonds. The highest BCUT2D eigenvalue weighted by molar-refractivity contribution is 4.58. The van der Waals surface area contributed by atoms with Crippen LogP contribution < -0.4 is 0 Å². The van der Waals surface area contributed by atoms with Crippen LogP contribution in [-0.4, -0.2) is 6.18 Å². The van der Waals surface area contributed by atoms with E-state index >= 15 is 0 Å². The molecule has 1 unspecified atom stereocenters. The van der Waals surface area contributed by atoms with Gasteiger partial charge in [0.25, 0.3) is 0 Å². The molecule has 3 heteroatoms. The number of hydrogen-bond donors (Lipinski definition) is 0. The van der Waals surface area contributed by atoms with E-state index in [0.717, 1.165) is 12.8 Å². The van der Waals surface area contributed by atoms with Crippen LogP contribution in [0.2, 0.25) is 0 Å². The summed E-state index contributed by atoms with van der Waals surface area (Å²) in [5, 5.41) is 0. The van der Waals surface area contributed by atoms with Gasteiger partial charge in [0.2, 0.25) is 0 Å². The Bertz CT molecular complexity index is 138. The Morgan fingerprint density at radius 2 is 1.50 bits per heavy atom. The molecule has 0 bridgehead atoms. The first-order valence-corrected chi connectivity index (χ1v) is 5.38. The second-order valence-corrected chi connectivity index (χ2v) is 4.58. The van der Waals surface area contributed by atoms with E-state index in [9.17, 15) is 13.2 Å². The Morgan fingerprint density at radius 3 is 1.93 bits per heavy atom. The monoisotopic (exact) mass is 210 g/mol. The molecule has 0 saturated carbocycles. The highest BCUT2D eigenvalue weighted by atomic mass is 19.4. The molecule has 0 aliphatic rings. The molecule has 0 aromatic carbocycles. The van der Waals surface area contributed by atoms with Gasteiger partial charge in [-0.2, -0.15) is 13.2 Å². The quantitative estimate of drug-likeness (QED) is 0.591. The Kier molecular flexibility index (Phi) is 6.21. The fourth-order valence-electron chi connectivity index (χ4n) is 1.41. The Morgan fingerprint density at radius 1 is 0.929 bits per heavy atom. The highest BCUT2D eigenvalue weighted by Crippen LogP contribution is 2.25. The van der Waals surface area contributed by atoms with Gasteiger partial charge in [0.15, 0.2) is 0 Å². The Balaban J connectivity index is 3.40. The average Bonchev–Trinajstić information content (AvgIpc) is 1.98. The molecule has 0 radical (unpaired) electrons. The predicted octanol–water partition coefficient (Wildman–Crippen LogP) is 4.79. The standard InChI is InChI=1S/C11H21F3/c1-9(2)6-7-10(3)5-4-8-11(12,13)14/h9-10H,4-8H2,1-3H3. The summed E-state index contributed by atoms with van der Waals surface area (Å²) in [5.41, 5.74) is 0. The summed E-state index contributed by atoms with van der Waals surface area (Å²) in [6.07, 6.45) is -1.45. The number of halogens is 3. The van der Waals surface area contributed by atoms with Crippen molar-refractivity contribution < 1.29 is 13.2 Å². The second kappa shape index (κ2) is 6.31. The van der Waals surface area contributed by atoms with E-state index in [1.807, 2.05) is 6.92 Å². The van der Waals surface area contributed by atoms with E-state index < -0.39 is 12.6 Å². The molecule has 0 aromatic rings. The minimum Gasteiger partial charge on any atom is -0.171 e. The van der Waals surface area contributed by atoms with E-state index in [2.05, 4.69) is 13.8 Å². The lowest BCUT2D eigenvalue weighted by atomic mass is 9.95. The molecule has 0 N–H and O–H groups in total. The van der Waals surface area contributed by atoms with Crippen molar-refractivity contribution in [1.29, 1.82) is 0 Å². The van der Waals surface area contributed by atoms with Gasteiger partial charge in [-0.1, -0.05) is 40.0 Å². The van der Waals surface area contributed by atoms with Gasteiger partial charge in [0.05, 0.1) is 0 Å². The van der Waals surface area contributed by atoms with Crippen LogP contribution in [0.5, 0.6) is 0 Å². The van der Waals surface area contributed by atoms with Crippen LogP contribution in [0, 0.1) is 11.8 Å². The summed E-state index contributed by atoms with van der Waals surface area (Å²) in [6.45, 7) is 6.32. The van der Waals surface area contributed by atoms with Crippen LogP contribution >= 0.6 is 0 Å². The lowest BCUT2D eigenvalue weighted by molar-refractivity contribution is -0.136. The van der Waals surface area contributed by atoms with Gasteiger partial charge in [-0.15, -0.1) is 0 Å². The van der Waals surface area contributed by atoms with Crippen molar-refractivity contribution in [3.8, 4) is 0 Å². The molecule has 86 valence electrons. The molecule has 0 aliphatic carbocycles. The number of hydrogen-bond acceptors (Lipinski definition) is 0. The molecule has 0 nitrogen and oxygen atoms in total.